The molecule has 0 fully saturated rings. The SMILES string of the molecule is Cc1nccnc1NC(C)(C)c1ccccc1. The molecule has 1 aromatic carbocycles. The molecule has 0 amide bonds. The lowest BCUT2D eigenvalue weighted by atomic mass is 9.94. The Balaban J connectivity index is 2.27. The van der Waals surface area contributed by atoms with Crippen LogP contribution in [-0.4, -0.2) is 9.97 Å². The second-order valence-electron chi connectivity index (χ2n) is 4.61. The molecule has 1 N–H and O–H groups in total. The van der Waals surface area contributed by atoms with Gasteiger partial charge in [-0.2, -0.15) is 0 Å². The molecule has 1 heterocycles. The quantitative estimate of drug-likeness (QED) is 0.875. The largest absolute Gasteiger partial charge is 0.360 e. The monoisotopic (exact) mass is 227 g/mol. The first-order valence-electron chi connectivity index (χ1n) is 5.71. The van der Waals surface area contributed by atoms with E-state index in [-0.39, 0.29) is 5.54 Å². The van der Waals surface area contributed by atoms with E-state index in [0.29, 0.717) is 0 Å². The van der Waals surface area contributed by atoms with Gasteiger partial charge < -0.3 is 5.32 Å². The lowest BCUT2D eigenvalue weighted by Crippen LogP contribution is -2.28. The molecule has 0 spiro atoms. The zero-order valence-corrected chi connectivity index (χ0v) is 10.4. The Bertz CT molecular complexity index is 492. The molecule has 0 unspecified atom stereocenters. The van der Waals surface area contributed by atoms with E-state index < -0.39 is 0 Å². The maximum Gasteiger partial charge on any atom is 0.148 e. The smallest absolute Gasteiger partial charge is 0.148 e. The van der Waals surface area contributed by atoms with Gasteiger partial charge in [0.1, 0.15) is 5.82 Å². The molecule has 0 aliphatic rings. The van der Waals surface area contributed by atoms with Gasteiger partial charge >= 0.3 is 0 Å². The minimum Gasteiger partial charge on any atom is -0.360 e. The van der Waals surface area contributed by atoms with Crippen molar-refractivity contribution < 1.29 is 0 Å². The van der Waals surface area contributed by atoms with Crippen molar-refractivity contribution in [2.45, 2.75) is 26.3 Å². The van der Waals surface area contributed by atoms with E-state index in [1.54, 1.807) is 12.4 Å². The van der Waals surface area contributed by atoms with E-state index in [4.69, 9.17) is 0 Å². The van der Waals surface area contributed by atoms with E-state index in [9.17, 15) is 0 Å². The molecule has 17 heavy (non-hydrogen) atoms. The minimum absolute atomic E-state index is 0.165. The van der Waals surface area contributed by atoms with Gasteiger partial charge in [0.2, 0.25) is 0 Å². The molecule has 1 aromatic heterocycles. The van der Waals surface area contributed by atoms with Crippen LogP contribution in [0.1, 0.15) is 25.1 Å². The topological polar surface area (TPSA) is 37.8 Å². The molecule has 2 rings (SSSR count). The van der Waals surface area contributed by atoms with Crippen LogP contribution in [0.4, 0.5) is 5.82 Å². The van der Waals surface area contributed by atoms with Crippen LogP contribution in [0.15, 0.2) is 42.7 Å². The van der Waals surface area contributed by atoms with Crippen molar-refractivity contribution in [2.75, 3.05) is 5.32 Å². The van der Waals surface area contributed by atoms with E-state index in [1.807, 2.05) is 25.1 Å². The second-order valence-corrected chi connectivity index (χ2v) is 4.61. The molecule has 3 nitrogen and oxygen atoms in total. The van der Waals surface area contributed by atoms with Gasteiger partial charge in [0.05, 0.1) is 11.2 Å². The van der Waals surface area contributed by atoms with E-state index in [1.165, 1.54) is 5.56 Å². The van der Waals surface area contributed by atoms with Crippen molar-refractivity contribution in [1.82, 2.24) is 9.97 Å². The summed E-state index contributed by atoms with van der Waals surface area (Å²) in [4.78, 5) is 8.55. The number of anilines is 1. The van der Waals surface area contributed by atoms with Gasteiger partial charge in [-0.05, 0) is 26.3 Å². The van der Waals surface area contributed by atoms with Gasteiger partial charge in [0, 0.05) is 12.4 Å². The van der Waals surface area contributed by atoms with Gasteiger partial charge in [-0.1, -0.05) is 30.3 Å². The summed E-state index contributed by atoms with van der Waals surface area (Å²) >= 11 is 0. The van der Waals surface area contributed by atoms with Crippen LogP contribution in [0, 0.1) is 6.92 Å². The van der Waals surface area contributed by atoms with Crippen LogP contribution in [0.5, 0.6) is 0 Å². The van der Waals surface area contributed by atoms with Crippen molar-refractivity contribution >= 4 is 5.82 Å². The van der Waals surface area contributed by atoms with Gasteiger partial charge in [0.25, 0.3) is 0 Å². The van der Waals surface area contributed by atoms with Crippen LogP contribution in [0.25, 0.3) is 0 Å². The predicted molar refractivity (Wildman–Crippen MR) is 69.9 cm³/mol. The van der Waals surface area contributed by atoms with Crippen LogP contribution in [0.3, 0.4) is 0 Å². The van der Waals surface area contributed by atoms with Crippen molar-refractivity contribution in [2.24, 2.45) is 0 Å². The number of aryl methyl sites for hydroxylation is 1. The molecule has 0 bridgehead atoms. The van der Waals surface area contributed by atoms with E-state index >= 15 is 0 Å². The zero-order chi connectivity index (χ0) is 12.3. The third kappa shape index (κ3) is 2.61. The van der Waals surface area contributed by atoms with Crippen LogP contribution < -0.4 is 5.32 Å². The number of rotatable bonds is 3. The summed E-state index contributed by atoms with van der Waals surface area (Å²) in [5.74, 6) is 0.835. The van der Waals surface area contributed by atoms with Crippen molar-refractivity contribution in [3.05, 3.63) is 54.0 Å². The molecule has 0 aliphatic heterocycles. The molecule has 0 radical (unpaired) electrons. The first kappa shape index (κ1) is 11.6. The fourth-order valence-corrected chi connectivity index (χ4v) is 1.75. The molecule has 0 saturated carbocycles. The normalized spacial score (nSPS) is 11.2. The highest BCUT2D eigenvalue weighted by atomic mass is 15.1. The second kappa shape index (κ2) is 4.53. The Morgan fingerprint density at radius 1 is 1.00 bits per heavy atom. The summed E-state index contributed by atoms with van der Waals surface area (Å²) in [6.45, 7) is 6.23. The maximum absolute atomic E-state index is 4.32. The van der Waals surface area contributed by atoms with E-state index in [2.05, 4.69) is 41.3 Å². The molecule has 88 valence electrons. The summed E-state index contributed by atoms with van der Waals surface area (Å²) in [5.41, 5.74) is 1.98. The average Bonchev–Trinajstić information content (AvgIpc) is 2.33. The van der Waals surface area contributed by atoms with Gasteiger partial charge in [0.15, 0.2) is 0 Å². The van der Waals surface area contributed by atoms with Crippen LogP contribution >= 0.6 is 0 Å². The summed E-state index contributed by atoms with van der Waals surface area (Å²) in [6.07, 6.45) is 3.41. The first-order chi connectivity index (χ1) is 8.09. The lowest BCUT2D eigenvalue weighted by Gasteiger charge is -2.28. The molecule has 3 heteroatoms. The highest BCUT2D eigenvalue weighted by molar-refractivity contribution is 5.43. The number of hydrogen-bond donors (Lipinski definition) is 1. The van der Waals surface area contributed by atoms with Gasteiger partial charge in [-0.3, -0.25) is 4.98 Å². The van der Waals surface area contributed by atoms with E-state index in [0.717, 1.165) is 11.5 Å². The molecule has 0 aliphatic carbocycles. The molecular formula is C14H17N3. The Hall–Kier alpha value is -1.90. The lowest BCUT2D eigenvalue weighted by molar-refractivity contribution is 0.604. The highest BCUT2D eigenvalue weighted by Gasteiger charge is 2.21. The van der Waals surface area contributed by atoms with Crippen LogP contribution in [-0.2, 0) is 5.54 Å². The summed E-state index contributed by atoms with van der Waals surface area (Å²) in [5, 5.41) is 3.43. The Kier molecular flexibility index (Phi) is 3.09. The Morgan fingerprint density at radius 2 is 1.65 bits per heavy atom. The predicted octanol–water partition coefficient (Wildman–Crippen LogP) is 3.13. The van der Waals surface area contributed by atoms with Crippen molar-refractivity contribution in [1.29, 1.82) is 0 Å². The summed E-state index contributed by atoms with van der Waals surface area (Å²) < 4.78 is 0. The van der Waals surface area contributed by atoms with Crippen LogP contribution in [0.2, 0.25) is 0 Å². The standard InChI is InChI=1S/C14H17N3/c1-11-13(16-10-9-15-11)17-14(2,3)12-7-5-4-6-8-12/h4-10H,1-3H3,(H,16,17). The third-order valence-corrected chi connectivity index (χ3v) is 2.81. The molecule has 2 aromatic rings. The van der Waals surface area contributed by atoms with Gasteiger partial charge in [-0.25, -0.2) is 4.98 Å². The molecular weight excluding hydrogens is 210 g/mol. The Labute approximate surface area is 102 Å². The fourth-order valence-electron chi connectivity index (χ4n) is 1.75. The molecule has 0 saturated heterocycles. The van der Waals surface area contributed by atoms with Crippen molar-refractivity contribution in [3.63, 3.8) is 0 Å². The van der Waals surface area contributed by atoms with Crippen molar-refractivity contribution in [3.8, 4) is 0 Å². The summed E-state index contributed by atoms with van der Waals surface area (Å²) in [7, 11) is 0. The number of benzene rings is 1. The fraction of sp³-hybridized carbons (Fsp3) is 0.286. The number of nitrogens with one attached hydrogen (secondary N) is 1. The number of aromatic nitrogens is 2. The summed E-state index contributed by atoms with van der Waals surface area (Å²) in [6, 6.07) is 10.3. The van der Waals surface area contributed by atoms with Gasteiger partial charge in [-0.15, -0.1) is 0 Å². The first-order valence-corrected chi connectivity index (χ1v) is 5.71. The molecule has 0 atom stereocenters. The zero-order valence-electron chi connectivity index (χ0n) is 10.4. The third-order valence-electron chi connectivity index (χ3n) is 2.81. The number of hydrogen-bond acceptors (Lipinski definition) is 3. The average molecular weight is 227 g/mol. The maximum atomic E-state index is 4.32. The minimum atomic E-state index is -0.165. The Morgan fingerprint density at radius 3 is 2.29 bits per heavy atom. The number of nitrogens with zero attached hydrogens (tertiary/aromatic N) is 2. The highest BCUT2D eigenvalue weighted by Crippen LogP contribution is 2.25.